The van der Waals surface area contributed by atoms with Crippen LogP contribution in [0.1, 0.15) is 0 Å². The van der Waals surface area contributed by atoms with E-state index >= 15 is 0 Å². The number of ether oxygens (including phenoxy) is 1. The average molecular weight is 207 g/mol. The summed E-state index contributed by atoms with van der Waals surface area (Å²) in [4.78, 5) is 23.4. The van der Waals surface area contributed by atoms with Crippen LogP contribution < -0.4 is 0 Å². The normalized spacial score (nSPS) is 27.4. The summed E-state index contributed by atoms with van der Waals surface area (Å²) < 4.78 is 30.3. The monoisotopic (exact) mass is 207 g/mol. The standard InChI is InChI=1S/C8H11F2NO3/c1-11-3-5(7(13)14-2)6(12)8(9,10)4-11/h5H,3-4H2,1-2H3. The summed E-state index contributed by atoms with van der Waals surface area (Å²) in [7, 11) is 2.50. The lowest BCUT2D eigenvalue weighted by atomic mass is 9.94. The van der Waals surface area contributed by atoms with Gasteiger partial charge in [0.05, 0.1) is 13.7 Å². The van der Waals surface area contributed by atoms with Crippen LogP contribution in [0.15, 0.2) is 0 Å². The summed E-state index contributed by atoms with van der Waals surface area (Å²) in [6.45, 7) is -0.652. The molecule has 1 saturated heterocycles. The van der Waals surface area contributed by atoms with Crippen LogP contribution >= 0.6 is 0 Å². The van der Waals surface area contributed by atoms with Crippen molar-refractivity contribution < 1.29 is 23.1 Å². The van der Waals surface area contributed by atoms with E-state index in [1.165, 1.54) is 11.9 Å². The quantitative estimate of drug-likeness (QED) is 0.446. The molecular weight excluding hydrogens is 196 g/mol. The molecule has 0 amide bonds. The van der Waals surface area contributed by atoms with Crippen molar-refractivity contribution in [3.8, 4) is 0 Å². The summed E-state index contributed by atoms with van der Waals surface area (Å²) in [6, 6.07) is 0. The van der Waals surface area contributed by atoms with Gasteiger partial charge in [-0.25, -0.2) is 0 Å². The molecule has 1 unspecified atom stereocenters. The Morgan fingerprint density at radius 1 is 1.64 bits per heavy atom. The average Bonchev–Trinajstić information content (AvgIpc) is 2.09. The third kappa shape index (κ3) is 1.89. The maximum atomic E-state index is 13.0. The fourth-order valence-corrected chi connectivity index (χ4v) is 1.45. The number of halogens is 2. The largest absolute Gasteiger partial charge is 0.468 e. The van der Waals surface area contributed by atoms with Gasteiger partial charge in [0, 0.05) is 6.54 Å². The molecule has 0 radical (unpaired) electrons. The minimum Gasteiger partial charge on any atom is -0.468 e. The number of rotatable bonds is 1. The van der Waals surface area contributed by atoms with Crippen LogP contribution in [0.3, 0.4) is 0 Å². The fraction of sp³-hybridized carbons (Fsp3) is 0.750. The number of ketones is 1. The van der Waals surface area contributed by atoms with Crippen molar-refractivity contribution in [2.75, 3.05) is 27.2 Å². The molecule has 1 fully saturated rings. The van der Waals surface area contributed by atoms with E-state index in [0.717, 1.165) is 7.11 Å². The van der Waals surface area contributed by atoms with Crippen molar-refractivity contribution >= 4 is 11.8 Å². The van der Waals surface area contributed by atoms with Crippen molar-refractivity contribution in [3.05, 3.63) is 0 Å². The zero-order valence-corrected chi connectivity index (χ0v) is 7.92. The van der Waals surface area contributed by atoms with E-state index in [-0.39, 0.29) is 6.54 Å². The first-order chi connectivity index (χ1) is 6.38. The predicted octanol–water partition coefficient (Wildman–Crippen LogP) is -0.0746. The molecular formula is C8H11F2NO3. The lowest BCUT2D eigenvalue weighted by Crippen LogP contribution is -2.55. The van der Waals surface area contributed by atoms with Gasteiger partial charge in [-0.3, -0.25) is 14.5 Å². The lowest BCUT2D eigenvalue weighted by Gasteiger charge is -2.32. The maximum Gasteiger partial charge on any atom is 0.318 e. The van der Waals surface area contributed by atoms with E-state index in [4.69, 9.17) is 0 Å². The van der Waals surface area contributed by atoms with Crippen LogP contribution in [0.5, 0.6) is 0 Å². The van der Waals surface area contributed by atoms with Gasteiger partial charge in [0.15, 0.2) is 0 Å². The number of likely N-dealkylation sites (tertiary alicyclic amines) is 1. The van der Waals surface area contributed by atoms with Crippen LogP contribution in [0.2, 0.25) is 0 Å². The first-order valence-corrected chi connectivity index (χ1v) is 4.07. The first-order valence-electron chi connectivity index (χ1n) is 4.07. The molecule has 0 N–H and O–H groups in total. The van der Waals surface area contributed by atoms with Gasteiger partial charge in [-0.05, 0) is 7.05 Å². The molecule has 14 heavy (non-hydrogen) atoms. The number of methoxy groups -OCH3 is 1. The summed E-state index contributed by atoms with van der Waals surface area (Å²) in [5, 5.41) is 0. The number of carbonyl (C=O) groups is 2. The summed E-state index contributed by atoms with van der Waals surface area (Å²) in [5.41, 5.74) is 0. The van der Waals surface area contributed by atoms with Gasteiger partial charge in [0.1, 0.15) is 5.92 Å². The molecule has 1 aliphatic heterocycles. The highest BCUT2D eigenvalue weighted by Crippen LogP contribution is 2.26. The fourth-order valence-electron chi connectivity index (χ4n) is 1.45. The second kappa shape index (κ2) is 3.61. The van der Waals surface area contributed by atoms with Crippen LogP contribution in [-0.2, 0) is 14.3 Å². The van der Waals surface area contributed by atoms with Gasteiger partial charge in [-0.2, -0.15) is 8.78 Å². The smallest absolute Gasteiger partial charge is 0.318 e. The van der Waals surface area contributed by atoms with Gasteiger partial charge in [0.25, 0.3) is 0 Å². The zero-order chi connectivity index (χ0) is 10.9. The lowest BCUT2D eigenvalue weighted by molar-refractivity contribution is -0.168. The molecule has 0 aliphatic carbocycles. The molecule has 80 valence electrons. The molecule has 1 rings (SSSR count). The number of piperidine rings is 1. The van der Waals surface area contributed by atoms with Crippen molar-refractivity contribution in [2.24, 2.45) is 5.92 Å². The SMILES string of the molecule is COC(=O)C1CN(C)CC(F)(F)C1=O. The Morgan fingerprint density at radius 3 is 2.71 bits per heavy atom. The number of hydrogen-bond acceptors (Lipinski definition) is 4. The Labute approximate surface area is 79.8 Å². The molecule has 0 bridgehead atoms. The van der Waals surface area contributed by atoms with Crippen LogP contribution in [0.25, 0.3) is 0 Å². The van der Waals surface area contributed by atoms with Gasteiger partial charge in [0.2, 0.25) is 5.78 Å². The zero-order valence-electron chi connectivity index (χ0n) is 7.92. The van der Waals surface area contributed by atoms with Gasteiger partial charge < -0.3 is 4.74 Å². The topological polar surface area (TPSA) is 46.6 Å². The second-order valence-corrected chi connectivity index (χ2v) is 3.34. The Bertz CT molecular complexity index is 267. The number of carbonyl (C=O) groups excluding carboxylic acids is 2. The number of Topliss-reactive ketones (excluding diaryl/α,β-unsaturated/α-hetero) is 1. The number of hydrogen-bond donors (Lipinski definition) is 0. The van der Waals surface area contributed by atoms with Crippen LogP contribution in [0.4, 0.5) is 8.78 Å². The van der Waals surface area contributed by atoms with E-state index in [1.807, 2.05) is 0 Å². The van der Waals surface area contributed by atoms with Crippen molar-refractivity contribution in [3.63, 3.8) is 0 Å². The molecule has 1 atom stereocenters. The van der Waals surface area contributed by atoms with E-state index < -0.39 is 30.1 Å². The highest BCUT2D eigenvalue weighted by atomic mass is 19.3. The van der Waals surface area contributed by atoms with Gasteiger partial charge in [-0.15, -0.1) is 0 Å². The molecule has 1 aliphatic rings. The van der Waals surface area contributed by atoms with E-state index in [2.05, 4.69) is 4.74 Å². The Morgan fingerprint density at radius 2 is 2.21 bits per heavy atom. The van der Waals surface area contributed by atoms with E-state index in [9.17, 15) is 18.4 Å². The third-order valence-corrected chi connectivity index (χ3v) is 2.13. The minimum absolute atomic E-state index is 0.0128. The van der Waals surface area contributed by atoms with Gasteiger partial charge in [-0.1, -0.05) is 0 Å². The third-order valence-electron chi connectivity index (χ3n) is 2.13. The molecule has 0 aromatic carbocycles. The Balaban J connectivity index is 2.86. The van der Waals surface area contributed by atoms with Crippen molar-refractivity contribution in [1.82, 2.24) is 4.90 Å². The van der Waals surface area contributed by atoms with Gasteiger partial charge >= 0.3 is 11.9 Å². The first kappa shape index (κ1) is 11.0. The molecule has 4 nitrogen and oxygen atoms in total. The minimum atomic E-state index is -3.45. The number of esters is 1. The second-order valence-electron chi connectivity index (χ2n) is 3.34. The number of nitrogens with zero attached hydrogens (tertiary/aromatic N) is 1. The Hall–Kier alpha value is -1.04. The molecule has 0 spiro atoms. The summed E-state index contributed by atoms with van der Waals surface area (Å²) in [6.07, 6.45) is 0. The predicted molar refractivity (Wildman–Crippen MR) is 43.0 cm³/mol. The molecule has 0 aromatic rings. The highest BCUT2D eigenvalue weighted by Gasteiger charge is 2.51. The van der Waals surface area contributed by atoms with E-state index in [0.29, 0.717) is 0 Å². The molecule has 0 saturated carbocycles. The summed E-state index contributed by atoms with van der Waals surface area (Å²) >= 11 is 0. The summed E-state index contributed by atoms with van der Waals surface area (Å²) in [5.74, 6) is -7.07. The van der Waals surface area contributed by atoms with Crippen LogP contribution in [0, 0.1) is 5.92 Å². The molecule has 6 heteroatoms. The molecule has 0 aromatic heterocycles. The highest BCUT2D eigenvalue weighted by molar-refractivity contribution is 6.03. The van der Waals surface area contributed by atoms with Crippen LogP contribution in [-0.4, -0.2) is 49.8 Å². The maximum absolute atomic E-state index is 13.0. The van der Waals surface area contributed by atoms with Crippen molar-refractivity contribution in [1.29, 1.82) is 0 Å². The number of alkyl halides is 2. The van der Waals surface area contributed by atoms with Crippen molar-refractivity contribution in [2.45, 2.75) is 5.92 Å². The van der Waals surface area contributed by atoms with E-state index in [1.54, 1.807) is 0 Å². The molecule has 1 heterocycles. The Kier molecular flexibility index (Phi) is 2.84.